The number of hydrogen-bond donors (Lipinski definition) is 0. The highest BCUT2D eigenvalue weighted by molar-refractivity contribution is 7.07. The van der Waals surface area contributed by atoms with Crippen LogP contribution in [0.1, 0.15) is 36.4 Å². The van der Waals surface area contributed by atoms with Gasteiger partial charge >= 0.3 is 0 Å². The zero-order chi connectivity index (χ0) is 20.9. The summed E-state index contributed by atoms with van der Waals surface area (Å²) in [7, 11) is 3.36. The highest BCUT2D eigenvalue weighted by Crippen LogP contribution is 2.43. The molecule has 0 radical (unpaired) electrons. The van der Waals surface area contributed by atoms with Gasteiger partial charge in [-0.05, 0) is 43.0 Å². The Morgan fingerprint density at radius 2 is 1.90 bits per heavy atom. The van der Waals surface area contributed by atoms with E-state index in [2.05, 4.69) is 39.5 Å². The van der Waals surface area contributed by atoms with E-state index >= 15 is 0 Å². The second-order valence-corrected chi connectivity index (χ2v) is 8.19. The van der Waals surface area contributed by atoms with Crippen LogP contribution < -0.4 is 9.47 Å². The van der Waals surface area contributed by atoms with Crippen LogP contribution in [0.3, 0.4) is 0 Å². The SMILES string of the molecule is COc1cccc(OC)c1C1CCCC(C=O)N1Cc1cccc(-c2cscn2)c1. The average molecular weight is 423 g/mol. The van der Waals surface area contributed by atoms with Crippen molar-refractivity contribution in [2.24, 2.45) is 0 Å². The molecule has 0 bridgehead atoms. The van der Waals surface area contributed by atoms with E-state index in [4.69, 9.17) is 9.47 Å². The number of hydrogen-bond acceptors (Lipinski definition) is 6. The van der Waals surface area contributed by atoms with Gasteiger partial charge in [0.25, 0.3) is 0 Å². The lowest BCUT2D eigenvalue weighted by Crippen LogP contribution is -2.42. The fourth-order valence-electron chi connectivity index (χ4n) is 4.37. The Morgan fingerprint density at radius 3 is 2.57 bits per heavy atom. The second-order valence-electron chi connectivity index (χ2n) is 7.47. The van der Waals surface area contributed by atoms with Crippen LogP contribution in [-0.4, -0.2) is 36.4 Å². The molecule has 0 spiro atoms. The predicted octanol–water partition coefficient (Wildman–Crippen LogP) is 5.12. The van der Waals surface area contributed by atoms with Gasteiger partial charge in [0.15, 0.2) is 0 Å². The van der Waals surface area contributed by atoms with Crippen molar-refractivity contribution in [3.63, 3.8) is 0 Å². The topological polar surface area (TPSA) is 51.7 Å². The summed E-state index contributed by atoms with van der Waals surface area (Å²) in [6.45, 7) is 0.674. The average Bonchev–Trinajstić information content (AvgIpc) is 3.34. The van der Waals surface area contributed by atoms with Crippen LogP contribution in [-0.2, 0) is 11.3 Å². The third kappa shape index (κ3) is 4.11. The van der Waals surface area contributed by atoms with E-state index < -0.39 is 0 Å². The third-order valence-electron chi connectivity index (χ3n) is 5.78. The van der Waals surface area contributed by atoms with Crippen LogP contribution >= 0.6 is 11.3 Å². The molecule has 2 atom stereocenters. The molecular formula is C24H26N2O3S. The predicted molar refractivity (Wildman–Crippen MR) is 119 cm³/mol. The maximum absolute atomic E-state index is 12.0. The van der Waals surface area contributed by atoms with E-state index in [0.717, 1.165) is 59.4 Å². The Labute approximate surface area is 181 Å². The lowest BCUT2D eigenvalue weighted by Gasteiger charge is -2.41. The van der Waals surface area contributed by atoms with Crippen LogP contribution in [0, 0.1) is 0 Å². The molecule has 0 aliphatic carbocycles. The molecule has 1 fully saturated rings. The van der Waals surface area contributed by atoms with Gasteiger partial charge < -0.3 is 14.3 Å². The van der Waals surface area contributed by atoms with Gasteiger partial charge in [0.2, 0.25) is 0 Å². The standard InChI is InChI=1S/C24H26N2O3S/c1-28-22-10-5-11-23(29-2)24(22)21-9-4-8-19(14-27)26(21)13-17-6-3-7-18(12-17)20-15-30-16-25-20/h3,5-7,10-12,14-16,19,21H,4,8-9,13H2,1-2H3. The summed E-state index contributed by atoms with van der Waals surface area (Å²) < 4.78 is 11.3. The fourth-order valence-corrected chi connectivity index (χ4v) is 4.93. The molecule has 1 aliphatic rings. The van der Waals surface area contributed by atoms with Crippen LogP contribution in [0.5, 0.6) is 11.5 Å². The van der Waals surface area contributed by atoms with Crippen LogP contribution in [0.2, 0.25) is 0 Å². The van der Waals surface area contributed by atoms with Crippen molar-refractivity contribution in [3.05, 3.63) is 64.5 Å². The molecule has 2 heterocycles. The van der Waals surface area contributed by atoms with Gasteiger partial charge in [0.05, 0.1) is 37.0 Å². The summed E-state index contributed by atoms with van der Waals surface area (Å²) in [6.07, 6.45) is 3.89. The smallest absolute Gasteiger partial charge is 0.137 e. The van der Waals surface area contributed by atoms with Crippen molar-refractivity contribution >= 4 is 17.6 Å². The lowest BCUT2D eigenvalue weighted by atomic mass is 9.89. The molecule has 1 aromatic heterocycles. The molecule has 6 heteroatoms. The summed E-state index contributed by atoms with van der Waals surface area (Å²) in [4.78, 5) is 18.7. The molecule has 4 rings (SSSR count). The number of nitrogens with zero attached hydrogens (tertiary/aromatic N) is 2. The molecule has 0 amide bonds. The molecule has 2 aromatic carbocycles. The Morgan fingerprint density at radius 1 is 1.13 bits per heavy atom. The number of ether oxygens (including phenoxy) is 2. The molecule has 1 aliphatic heterocycles. The third-order valence-corrected chi connectivity index (χ3v) is 6.37. The molecule has 156 valence electrons. The molecule has 0 saturated carbocycles. The van der Waals surface area contributed by atoms with E-state index in [-0.39, 0.29) is 12.1 Å². The lowest BCUT2D eigenvalue weighted by molar-refractivity contribution is -0.115. The normalized spacial score (nSPS) is 19.4. The van der Waals surface area contributed by atoms with E-state index in [9.17, 15) is 4.79 Å². The van der Waals surface area contributed by atoms with Crippen molar-refractivity contribution in [2.45, 2.75) is 37.9 Å². The zero-order valence-corrected chi connectivity index (χ0v) is 18.1. The van der Waals surface area contributed by atoms with Crippen molar-refractivity contribution in [1.29, 1.82) is 0 Å². The van der Waals surface area contributed by atoms with E-state index in [1.165, 1.54) is 0 Å². The fraction of sp³-hybridized carbons (Fsp3) is 0.333. The van der Waals surface area contributed by atoms with Crippen LogP contribution in [0.15, 0.2) is 53.4 Å². The van der Waals surface area contributed by atoms with Gasteiger partial charge in [0, 0.05) is 23.5 Å². The first-order chi connectivity index (χ1) is 14.7. The molecule has 0 N–H and O–H groups in total. The second kappa shape index (κ2) is 9.41. The molecular weight excluding hydrogens is 396 g/mol. The van der Waals surface area contributed by atoms with E-state index in [0.29, 0.717) is 6.54 Å². The van der Waals surface area contributed by atoms with Gasteiger partial charge in [-0.3, -0.25) is 4.90 Å². The monoisotopic (exact) mass is 422 g/mol. The molecule has 1 saturated heterocycles. The zero-order valence-electron chi connectivity index (χ0n) is 17.3. The number of benzene rings is 2. The number of likely N-dealkylation sites (tertiary alicyclic amines) is 1. The largest absolute Gasteiger partial charge is 0.496 e. The minimum absolute atomic E-state index is 0.0444. The highest BCUT2D eigenvalue weighted by atomic mass is 32.1. The van der Waals surface area contributed by atoms with E-state index in [1.807, 2.05) is 23.7 Å². The van der Waals surface area contributed by atoms with Crippen molar-refractivity contribution in [1.82, 2.24) is 9.88 Å². The quantitative estimate of drug-likeness (QED) is 0.495. The minimum Gasteiger partial charge on any atom is -0.496 e. The van der Waals surface area contributed by atoms with E-state index in [1.54, 1.807) is 25.6 Å². The number of thiazole rings is 1. The first-order valence-corrected chi connectivity index (χ1v) is 11.1. The summed E-state index contributed by atoms with van der Waals surface area (Å²) in [5, 5.41) is 2.05. The van der Waals surface area contributed by atoms with Gasteiger partial charge in [-0.1, -0.05) is 24.3 Å². The van der Waals surface area contributed by atoms with Crippen molar-refractivity contribution in [2.75, 3.05) is 14.2 Å². The summed E-state index contributed by atoms with van der Waals surface area (Å²) in [5.74, 6) is 1.60. The molecule has 3 aromatic rings. The molecule has 5 nitrogen and oxygen atoms in total. The van der Waals surface area contributed by atoms with Crippen molar-refractivity contribution < 1.29 is 14.3 Å². The van der Waals surface area contributed by atoms with Gasteiger partial charge in [-0.2, -0.15) is 0 Å². The minimum atomic E-state index is -0.138. The Hall–Kier alpha value is -2.70. The van der Waals surface area contributed by atoms with Gasteiger partial charge in [-0.15, -0.1) is 11.3 Å². The number of aldehydes is 1. The number of carbonyl (C=O) groups is 1. The van der Waals surface area contributed by atoms with Crippen LogP contribution in [0.4, 0.5) is 0 Å². The maximum Gasteiger partial charge on any atom is 0.137 e. The summed E-state index contributed by atoms with van der Waals surface area (Å²) in [5.41, 5.74) is 6.10. The maximum atomic E-state index is 12.0. The number of aromatic nitrogens is 1. The first-order valence-electron chi connectivity index (χ1n) is 10.1. The van der Waals surface area contributed by atoms with Crippen LogP contribution in [0.25, 0.3) is 11.3 Å². The molecule has 2 unspecified atom stereocenters. The highest BCUT2D eigenvalue weighted by Gasteiger charge is 2.34. The molecule has 30 heavy (non-hydrogen) atoms. The first kappa shape index (κ1) is 20.6. The summed E-state index contributed by atoms with van der Waals surface area (Å²) >= 11 is 1.59. The summed E-state index contributed by atoms with van der Waals surface area (Å²) in [6, 6.07) is 14.2. The van der Waals surface area contributed by atoms with Crippen molar-refractivity contribution in [3.8, 4) is 22.8 Å². The van der Waals surface area contributed by atoms with Gasteiger partial charge in [-0.25, -0.2) is 4.98 Å². The number of methoxy groups -OCH3 is 2. The Bertz CT molecular complexity index is 968. The number of piperidine rings is 1. The van der Waals surface area contributed by atoms with Gasteiger partial charge in [0.1, 0.15) is 17.8 Å². The number of rotatable bonds is 7. The number of carbonyl (C=O) groups excluding carboxylic acids is 1. The Kier molecular flexibility index (Phi) is 6.45. The Balaban J connectivity index is 1.71.